The smallest absolute Gasteiger partial charge is 0.175 e. The Bertz CT molecular complexity index is 379. The number of carbonyl (C=O) groups is 1. The second-order valence-electron chi connectivity index (χ2n) is 6.30. The average Bonchev–Trinajstić information content (AvgIpc) is 2.79. The first kappa shape index (κ1) is 9.60. The van der Waals surface area contributed by atoms with E-state index in [1.807, 2.05) is 0 Å². The molecule has 0 radical (unpaired) electrons. The molecule has 4 rings (SSSR count). The summed E-state index contributed by atoms with van der Waals surface area (Å²) < 4.78 is 11.6. The highest BCUT2D eigenvalue weighted by Gasteiger charge is 2.70. The van der Waals surface area contributed by atoms with Crippen molar-refractivity contribution in [3.8, 4) is 0 Å². The summed E-state index contributed by atoms with van der Waals surface area (Å²) in [5.74, 6) is 1.54. The van der Waals surface area contributed by atoms with E-state index in [2.05, 4.69) is 6.92 Å². The first-order valence-corrected chi connectivity index (χ1v) is 6.35. The molecule has 16 heavy (non-hydrogen) atoms. The van der Waals surface area contributed by atoms with E-state index in [0.29, 0.717) is 36.1 Å². The topological polar surface area (TPSA) is 35.5 Å². The van der Waals surface area contributed by atoms with Crippen LogP contribution in [0.25, 0.3) is 0 Å². The van der Waals surface area contributed by atoms with E-state index in [9.17, 15) is 4.79 Å². The van der Waals surface area contributed by atoms with Gasteiger partial charge in [0.2, 0.25) is 0 Å². The fraction of sp³-hybridized carbons (Fsp3) is 0.923. The minimum Gasteiger partial charge on any atom is -0.353 e. The van der Waals surface area contributed by atoms with Crippen LogP contribution in [0, 0.1) is 23.2 Å². The molecule has 1 aliphatic heterocycles. The van der Waals surface area contributed by atoms with Gasteiger partial charge in [-0.3, -0.25) is 4.79 Å². The highest BCUT2D eigenvalue weighted by molar-refractivity contribution is 5.87. The average molecular weight is 222 g/mol. The van der Waals surface area contributed by atoms with E-state index in [1.165, 1.54) is 6.42 Å². The van der Waals surface area contributed by atoms with Gasteiger partial charge in [-0.2, -0.15) is 0 Å². The Morgan fingerprint density at radius 3 is 3.00 bits per heavy atom. The standard InChI is InChI=1S/C13H18O3/c1-12-7-3-8-9(12)5-13(15-2,6-11(12)14)16-10(8)4-7/h7-10H,3-6H2,1-2H3. The second kappa shape index (κ2) is 2.54. The highest BCUT2D eigenvalue weighted by atomic mass is 16.7. The van der Waals surface area contributed by atoms with E-state index < -0.39 is 5.79 Å². The third-order valence-electron chi connectivity index (χ3n) is 5.99. The SMILES string of the molecule is COC12CC(=O)C3(C)C4CC(O1)C(C4)C3C2. The molecule has 0 aromatic carbocycles. The van der Waals surface area contributed by atoms with Crippen molar-refractivity contribution in [3.05, 3.63) is 0 Å². The number of rotatable bonds is 1. The first-order chi connectivity index (χ1) is 7.59. The van der Waals surface area contributed by atoms with Crippen molar-refractivity contribution in [2.45, 2.75) is 44.5 Å². The van der Waals surface area contributed by atoms with Gasteiger partial charge in [0.1, 0.15) is 5.78 Å². The zero-order valence-electron chi connectivity index (χ0n) is 9.86. The van der Waals surface area contributed by atoms with Gasteiger partial charge in [-0.1, -0.05) is 6.92 Å². The molecule has 4 aliphatic rings. The highest BCUT2D eigenvalue weighted by Crippen LogP contribution is 2.68. The van der Waals surface area contributed by atoms with Gasteiger partial charge in [0.15, 0.2) is 5.79 Å². The normalized spacial score (nSPS) is 62.0. The van der Waals surface area contributed by atoms with E-state index in [-0.39, 0.29) is 5.41 Å². The molecule has 88 valence electrons. The first-order valence-electron chi connectivity index (χ1n) is 6.35. The minimum atomic E-state index is -0.572. The number of ketones is 1. The quantitative estimate of drug-likeness (QED) is 0.678. The van der Waals surface area contributed by atoms with Crippen molar-refractivity contribution in [1.29, 1.82) is 0 Å². The van der Waals surface area contributed by atoms with Crippen molar-refractivity contribution in [2.24, 2.45) is 23.2 Å². The third kappa shape index (κ3) is 0.809. The second-order valence-corrected chi connectivity index (χ2v) is 6.30. The number of carbonyl (C=O) groups excluding carboxylic acids is 1. The molecule has 3 heteroatoms. The molecule has 4 bridgehead atoms. The van der Waals surface area contributed by atoms with Crippen molar-refractivity contribution in [3.63, 3.8) is 0 Å². The molecule has 1 heterocycles. The molecule has 3 nitrogen and oxygen atoms in total. The summed E-state index contributed by atoms with van der Waals surface area (Å²) in [6.07, 6.45) is 4.05. The van der Waals surface area contributed by atoms with Crippen molar-refractivity contribution >= 4 is 5.78 Å². The number of hydrogen-bond acceptors (Lipinski definition) is 3. The summed E-state index contributed by atoms with van der Waals surface area (Å²) in [7, 11) is 1.68. The maximum Gasteiger partial charge on any atom is 0.175 e. The lowest BCUT2D eigenvalue weighted by atomic mass is 9.56. The van der Waals surface area contributed by atoms with Gasteiger partial charge in [-0.05, 0) is 30.6 Å². The molecule has 0 aromatic heterocycles. The van der Waals surface area contributed by atoms with Gasteiger partial charge in [0.25, 0.3) is 0 Å². The Morgan fingerprint density at radius 2 is 2.25 bits per heavy atom. The number of hydrogen-bond donors (Lipinski definition) is 0. The van der Waals surface area contributed by atoms with Crippen LogP contribution in [-0.2, 0) is 14.3 Å². The molecular formula is C13H18O3. The van der Waals surface area contributed by atoms with E-state index in [4.69, 9.17) is 9.47 Å². The molecule has 0 N–H and O–H groups in total. The van der Waals surface area contributed by atoms with Crippen LogP contribution in [0.1, 0.15) is 32.6 Å². The number of methoxy groups -OCH3 is 1. The van der Waals surface area contributed by atoms with Gasteiger partial charge in [0.05, 0.1) is 12.5 Å². The lowest BCUT2D eigenvalue weighted by molar-refractivity contribution is -0.314. The van der Waals surface area contributed by atoms with Crippen LogP contribution < -0.4 is 0 Å². The molecule has 3 saturated carbocycles. The predicted molar refractivity (Wildman–Crippen MR) is 56.7 cm³/mol. The minimum absolute atomic E-state index is 0.0486. The molecule has 4 fully saturated rings. The lowest BCUT2D eigenvalue weighted by Gasteiger charge is -2.57. The van der Waals surface area contributed by atoms with Gasteiger partial charge < -0.3 is 9.47 Å². The van der Waals surface area contributed by atoms with Crippen LogP contribution in [0.3, 0.4) is 0 Å². The number of fused-ring (bicyclic) bond motifs is 3. The fourth-order valence-electron chi connectivity index (χ4n) is 5.04. The van der Waals surface area contributed by atoms with Crippen molar-refractivity contribution < 1.29 is 14.3 Å². The number of Topliss-reactive ketones (excluding diaryl/α,β-unsaturated/α-hetero) is 1. The zero-order chi connectivity index (χ0) is 11.1. The summed E-state index contributed by atoms with van der Waals surface area (Å²) in [6, 6.07) is 0. The molecule has 0 amide bonds. The van der Waals surface area contributed by atoms with Crippen LogP contribution >= 0.6 is 0 Å². The van der Waals surface area contributed by atoms with Crippen LogP contribution in [0.4, 0.5) is 0 Å². The summed E-state index contributed by atoms with van der Waals surface area (Å²) in [5.41, 5.74) is -0.0486. The van der Waals surface area contributed by atoms with Crippen LogP contribution in [0.2, 0.25) is 0 Å². The van der Waals surface area contributed by atoms with E-state index >= 15 is 0 Å². The summed E-state index contributed by atoms with van der Waals surface area (Å²) >= 11 is 0. The Morgan fingerprint density at radius 1 is 1.44 bits per heavy atom. The Kier molecular flexibility index (Phi) is 1.52. The largest absolute Gasteiger partial charge is 0.353 e. The van der Waals surface area contributed by atoms with Crippen LogP contribution in [0.15, 0.2) is 0 Å². The summed E-state index contributed by atoms with van der Waals surface area (Å²) in [5, 5.41) is 0. The monoisotopic (exact) mass is 222 g/mol. The van der Waals surface area contributed by atoms with Crippen molar-refractivity contribution in [1.82, 2.24) is 0 Å². The third-order valence-corrected chi connectivity index (χ3v) is 5.99. The van der Waals surface area contributed by atoms with Gasteiger partial charge in [0, 0.05) is 18.9 Å². The van der Waals surface area contributed by atoms with Gasteiger partial charge in [-0.25, -0.2) is 0 Å². The fourth-order valence-corrected chi connectivity index (χ4v) is 5.04. The van der Waals surface area contributed by atoms with E-state index in [1.54, 1.807) is 7.11 Å². The molecule has 1 saturated heterocycles. The maximum absolute atomic E-state index is 12.4. The molecule has 0 spiro atoms. The predicted octanol–water partition coefficient (Wildman–Crippen LogP) is 1.75. The lowest BCUT2D eigenvalue weighted by Crippen LogP contribution is -2.62. The molecule has 6 atom stereocenters. The van der Waals surface area contributed by atoms with Crippen LogP contribution in [0.5, 0.6) is 0 Å². The summed E-state index contributed by atoms with van der Waals surface area (Å²) in [6.45, 7) is 2.20. The van der Waals surface area contributed by atoms with E-state index in [0.717, 1.165) is 12.8 Å². The summed E-state index contributed by atoms with van der Waals surface area (Å²) in [4.78, 5) is 12.4. The van der Waals surface area contributed by atoms with Crippen molar-refractivity contribution in [2.75, 3.05) is 7.11 Å². The molecule has 0 aromatic rings. The number of ether oxygens (including phenoxy) is 2. The molecule has 6 unspecified atom stereocenters. The molecule has 3 aliphatic carbocycles. The maximum atomic E-state index is 12.4. The zero-order valence-corrected chi connectivity index (χ0v) is 9.86. The Hall–Kier alpha value is -0.410. The molecular weight excluding hydrogens is 204 g/mol. The van der Waals surface area contributed by atoms with Gasteiger partial charge >= 0.3 is 0 Å². The van der Waals surface area contributed by atoms with Crippen LogP contribution in [-0.4, -0.2) is 24.8 Å². The van der Waals surface area contributed by atoms with Gasteiger partial charge in [-0.15, -0.1) is 0 Å². The Labute approximate surface area is 95.5 Å². The Balaban J connectivity index is 1.86.